The third-order valence-electron chi connectivity index (χ3n) is 6.25. The van der Waals surface area contributed by atoms with Gasteiger partial charge in [-0.05, 0) is 48.7 Å². The zero-order valence-corrected chi connectivity index (χ0v) is 20.3. The quantitative estimate of drug-likeness (QED) is 0.112. The van der Waals surface area contributed by atoms with Crippen molar-refractivity contribution in [2.24, 2.45) is 11.8 Å². The molecule has 0 aromatic rings. The van der Waals surface area contributed by atoms with Gasteiger partial charge < -0.3 is 4.74 Å². The lowest BCUT2D eigenvalue weighted by molar-refractivity contribution is 0.301. The highest BCUT2D eigenvalue weighted by molar-refractivity contribution is 5.29. The highest BCUT2D eigenvalue weighted by Gasteiger charge is 2.18. The minimum Gasteiger partial charge on any atom is -0.458 e. The molecule has 2 unspecified atom stereocenters. The van der Waals surface area contributed by atoms with Gasteiger partial charge in [-0.15, -0.1) is 0 Å². The van der Waals surface area contributed by atoms with Crippen LogP contribution in [-0.4, -0.2) is 0 Å². The van der Waals surface area contributed by atoms with Crippen LogP contribution in [0.1, 0.15) is 118 Å². The Morgan fingerprint density at radius 3 is 1.21 bits per heavy atom. The normalized spacial score (nSPS) is 13.0. The molecule has 0 saturated heterocycles. The fourth-order valence-electron chi connectivity index (χ4n) is 3.97. The van der Waals surface area contributed by atoms with Gasteiger partial charge in [0.2, 0.25) is 0 Å². The molecule has 168 valence electrons. The first-order valence-electron chi connectivity index (χ1n) is 12.4. The molecule has 0 saturated carbocycles. The molecule has 0 aliphatic heterocycles. The number of hydrogen-bond donors (Lipinski definition) is 0. The maximum atomic E-state index is 6.04. The van der Waals surface area contributed by atoms with Crippen LogP contribution in [0.25, 0.3) is 0 Å². The largest absolute Gasteiger partial charge is 0.458 e. The Bertz CT molecular complexity index is 441. The molecule has 0 aromatic heterocycles. The van der Waals surface area contributed by atoms with Gasteiger partial charge in [0.15, 0.2) is 0 Å². The summed E-state index contributed by atoms with van der Waals surface area (Å²) in [6, 6.07) is 0. The summed E-state index contributed by atoms with van der Waals surface area (Å²) in [7, 11) is 0. The minimum atomic E-state index is 0.450. The molecular weight excluding hydrogens is 352 g/mol. The third-order valence-corrected chi connectivity index (χ3v) is 6.25. The molecule has 29 heavy (non-hydrogen) atoms. The number of hydrogen-bond acceptors (Lipinski definition) is 1. The first-order chi connectivity index (χ1) is 13.9. The van der Waals surface area contributed by atoms with E-state index in [1.807, 2.05) is 0 Å². The maximum Gasteiger partial charge on any atom is 0.123 e. The molecule has 0 amide bonds. The summed E-state index contributed by atoms with van der Waals surface area (Å²) in [5, 5.41) is 0. The fraction of sp³-hybridized carbons (Fsp3) is 0.714. The van der Waals surface area contributed by atoms with E-state index in [-0.39, 0.29) is 0 Å². The summed E-state index contributed by atoms with van der Waals surface area (Å²) < 4.78 is 6.04. The average Bonchev–Trinajstić information content (AvgIpc) is 2.72. The number of unbranched alkanes of at least 4 members (excludes halogenated alkanes) is 8. The first kappa shape index (κ1) is 27.8. The van der Waals surface area contributed by atoms with Crippen LogP contribution in [0.4, 0.5) is 0 Å². The van der Waals surface area contributed by atoms with Gasteiger partial charge in [-0.3, -0.25) is 0 Å². The summed E-state index contributed by atoms with van der Waals surface area (Å²) in [4.78, 5) is 0. The van der Waals surface area contributed by atoms with Crippen molar-refractivity contribution >= 4 is 0 Å². The molecule has 0 bridgehead atoms. The molecule has 1 nitrogen and oxygen atoms in total. The Balaban J connectivity index is 4.48. The van der Waals surface area contributed by atoms with Crippen LogP contribution in [0.3, 0.4) is 0 Å². The lowest BCUT2D eigenvalue weighted by Gasteiger charge is -2.24. The van der Waals surface area contributed by atoms with Crippen molar-refractivity contribution in [2.45, 2.75) is 118 Å². The zero-order chi connectivity index (χ0) is 22.1. The molecule has 0 N–H and O–H groups in total. The second-order valence-electron chi connectivity index (χ2n) is 8.62. The molecule has 2 atom stereocenters. The molecule has 0 spiro atoms. The minimum absolute atomic E-state index is 0.450. The Morgan fingerprint density at radius 1 is 0.552 bits per heavy atom. The number of ether oxygens (including phenoxy) is 1. The maximum absolute atomic E-state index is 6.04. The highest BCUT2D eigenvalue weighted by Crippen LogP contribution is 2.31. The second kappa shape index (κ2) is 17.6. The van der Waals surface area contributed by atoms with Crippen LogP contribution in [0.15, 0.2) is 49.0 Å². The van der Waals surface area contributed by atoms with E-state index in [2.05, 4.69) is 54.0 Å². The van der Waals surface area contributed by atoms with Crippen LogP contribution in [-0.2, 0) is 4.74 Å². The summed E-state index contributed by atoms with van der Waals surface area (Å²) in [6.45, 7) is 25.9. The van der Waals surface area contributed by atoms with Gasteiger partial charge >= 0.3 is 0 Å². The Hall–Kier alpha value is -1.24. The molecule has 1 heteroatoms. The smallest absolute Gasteiger partial charge is 0.123 e. The monoisotopic (exact) mass is 402 g/mol. The molecular formula is C28H50O. The van der Waals surface area contributed by atoms with Crippen molar-refractivity contribution < 1.29 is 4.74 Å². The first-order valence-corrected chi connectivity index (χ1v) is 12.4. The van der Waals surface area contributed by atoms with E-state index in [9.17, 15) is 0 Å². The molecule has 0 radical (unpaired) electrons. The number of allylic oxidation sites excluding steroid dienone is 2. The standard InChI is InChI=1S/C28H50O/c1-9-13-15-17-19-21-27(11-3)23(5)25(7)29-26(8)24(6)28(12-4)22-20-18-16-14-10-2/h27-28H,5-22H2,1-4H3. The molecule has 0 aromatic carbocycles. The molecule has 0 rings (SSSR count). The summed E-state index contributed by atoms with van der Waals surface area (Å²) >= 11 is 0. The summed E-state index contributed by atoms with van der Waals surface area (Å²) in [6.07, 6.45) is 17.6. The van der Waals surface area contributed by atoms with Gasteiger partial charge in [-0.1, -0.05) is 118 Å². The average molecular weight is 403 g/mol. The second-order valence-corrected chi connectivity index (χ2v) is 8.62. The topological polar surface area (TPSA) is 9.23 Å². The van der Waals surface area contributed by atoms with E-state index in [0.29, 0.717) is 23.4 Å². The van der Waals surface area contributed by atoms with E-state index in [4.69, 9.17) is 4.74 Å². The SMILES string of the molecule is C=C(OC(=C)C(=C)C(CC)CCCCCCC)C(=C)C(CC)CCCCCCC. The van der Waals surface area contributed by atoms with Crippen LogP contribution >= 0.6 is 0 Å². The third kappa shape index (κ3) is 12.1. The summed E-state index contributed by atoms with van der Waals surface area (Å²) in [5.74, 6) is 2.25. The molecule has 0 fully saturated rings. The van der Waals surface area contributed by atoms with E-state index < -0.39 is 0 Å². The Kier molecular flexibility index (Phi) is 16.9. The lowest BCUT2D eigenvalue weighted by atomic mass is 9.89. The molecule has 0 aliphatic carbocycles. The molecule has 0 aliphatic rings. The Labute approximate surface area is 183 Å². The van der Waals surface area contributed by atoms with Crippen molar-refractivity contribution in [3.63, 3.8) is 0 Å². The van der Waals surface area contributed by atoms with Crippen molar-refractivity contribution in [1.29, 1.82) is 0 Å². The van der Waals surface area contributed by atoms with Gasteiger partial charge in [0.25, 0.3) is 0 Å². The van der Waals surface area contributed by atoms with E-state index >= 15 is 0 Å². The van der Waals surface area contributed by atoms with E-state index in [0.717, 1.165) is 24.0 Å². The van der Waals surface area contributed by atoms with Crippen LogP contribution in [0.2, 0.25) is 0 Å². The highest BCUT2D eigenvalue weighted by atomic mass is 16.5. The lowest BCUT2D eigenvalue weighted by Crippen LogP contribution is -2.10. The van der Waals surface area contributed by atoms with Gasteiger partial charge in [0.1, 0.15) is 11.5 Å². The predicted octanol–water partition coefficient (Wildman–Crippen LogP) is 9.92. The van der Waals surface area contributed by atoms with Crippen molar-refractivity contribution in [3.05, 3.63) is 49.0 Å². The Morgan fingerprint density at radius 2 is 0.897 bits per heavy atom. The van der Waals surface area contributed by atoms with Crippen molar-refractivity contribution in [2.75, 3.05) is 0 Å². The van der Waals surface area contributed by atoms with Gasteiger partial charge in [-0.2, -0.15) is 0 Å². The van der Waals surface area contributed by atoms with Crippen LogP contribution < -0.4 is 0 Å². The fourth-order valence-corrected chi connectivity index (χ4v) is 3.97. The van der Waals surface area contributed by atoms with Crippen molar-refractivity contribution in [1.82, 2.24) is 0 Å². The van der Waals surface area contributed by atoms with Gasteiger partial charge in [-0.25, -0.2) is 0 Å². The summed E-state index contributed by atoms with van der Waals surface area (Å²) in [5.41, 5.74) is 2.06. The van der Waals surface area contributed by atoms with E-state index in [1.165, 1.54) is 77.0 Å². The number of rotatable bonds is 20. The molecule has 0 heterocycles. The van der Waals surface area contributed by atoms with Gasteiger partial charge in [0, 0.05) is 0 Å². The van der Waals surface area contributed by atoms with Crippen LogP contribution in [0.5, 0.6) is 0 Å². The zero-order valence-electron chi connectivity index (χ0n) is 20.3. The van der Waals surface area contributed by atoms with Crippen molar-refractivity contribution in [3.8, 4) is 0 Å². The predicted molar refractivity (Wildman–Crippen MR) is 132 cm³/mol. The van der Waals surface area contributed by atoms with Gasteiger partial charge in [0.05, 0.1) is 0 Å². The van der Waals surface area contributed by atoms with E-state index in [1.54, 1.807) is 0 Å². The van der Waals surface area contributed by atoms with Crippen LogP contribution in [0, 0.1) is 11.8 Å².